The van der Waals surface area contributed by atoms with Gasteiger partial charge in [-0.2, -0.15) is 0 Å². The summed E-state index contributed by atoms with van der Waals surface area (Å²) in [7, 11) is 0. The van der Waals surface area contributed by atoms with Gasteiger partial charge < -0.3 is 10.1 Å². The maximum Gasteiger partial charge on any atom is 0.303 e. The SMILES string of the molecule is CCCCc1ccc2c(c1)[C@@H](OC(C)=O)C(C)(C)[C@H](c1ccc(Br)cc1)N2. The van der Waals surface area contributed by atoms with Gasteiger partial charge in [-0.1, -0.05) is 67.4 Å². The summed E-state index contributed by atoms with van der Waals surface area (Å²) in [5.41, 5.74) is 4.31. The van der Waals surface area contributed by atoms with Crippen LogP contribution in [-0.2, 0) is 16.0 Å². The van der Waals surface area contributed by atoms with Gasteiger partial charge in [0.25, 0.3) is 0 Å². The first-order valence-corrected chi connectivity index (χ1v) is 10.4. The summed E-state index contributed by atoms with van der Waals surface area (Å²) in [4.78, 5) is 11.9. The maximum atomic E-state index is 11.9. The summed E-state index contributed by atoms with van der Waals surface area (Å²) in [6.07, 6.45) is 3.09. The average molecular weight is 430 g/mol. The van der Waals surface area contributed by atoms with Gasteiger partial charge in [-0.3, -0.25) is 4.79 Å². The monoisotopic (exact) mass is 429 g/mol. The van der Waals surface area contributed by atoms with Crippen molar-refractivity contribution >= 4 is 27.6 Å². The molecule has 1 N–H and O–H groups in total. The molecule has 0 aromatic heterocycles. The first kappa shape index (κ1) is 19.9. The number of carbonyl (C=O) groups excluding carboxylic acids is 1. The lowest BCUT2D eigenvalue weighted by molar-refractivity contribution is -0.154. The van der Waals surface area contributed by atoms with Gasteiger partial charge in [-0.05, 0) is 42.2 Å². The average Bonchev–Trinajstić information content (AvgIpc) is 2.63. The van der Waals surface area contributed by atoms with Crippen molar-refractivity contribution in [3.63, 3.8) is 0 Å². The molecule has 0 unspecified atom stereocenters. The normalized spacial score (nSPS) is 20.5. The van der Waals surface area contributed by atoms with Crippen LogP contribution in [0.25, 0.3) is 0 Å². The van der Waals surface area contributed by atoms with E-state index in [-0.39, 0.29) is 23.5 Å². The quantitative estimate of drug-likeness (QED) is 0.544. The highest BCUT2D eigenvalue weighted by Gasteiger charge is 2.46. The molecule has 2 aromatic rings. The van der Waals surface area contributed by atoms with E-state index < -0.39 is 0 Å². The van der Waals surface area contributed by atoms with Crippen molar-refractivity contribution in [2.75, 3.05) is 5.32 Å². The summed E-state index contributed by atoms with van der Waals surface area (Å²) in [5.74, 6) is -0.241. The van der Waals surface area contributed by atoms with Crippen LogP contribution in [0.2, 0.25) is 0 Å². The zero-order valence-electron chi connectivity index (χ0n) is 16.5. The van der Waals surface area contributed by atoms with Gasteiger partial charge in [0.1, 0.15) is 6.10 Å². The Morgan fingerprint density at radius 2 is 1.89 bits per heavy atom. The molecule has 0 saturated heterocycles. The number of anilines is 1. The topological polar surface area (TPSA) is 38.3 Å². The van der Waals surface area contributed by atoms with Crippen LogP contribution in [0, 0.1) is 5.41 Å². The molecule has 2 aromatic carbocycles. The molecule has 4 heteroatoms. The molecular formula is C23H28BrNO2. The van der Waals surface area contributed by atoms with Crippen LogP contribution >= 0.6 is 15.9 Å². The first-order valence-electron chi connectivity index (χ1n) is 9.65. The fourth-order valence-electron chi connectivity index (χ4n) is 3.94. The van der Waals surface area contributed by atoms with Crippen LogP contribution in [0.5, 0.6) is 0 Å². The number of hydrogen-bond acceptors (Lipinski definition) is 3. The third-order valence-electron chi connectivity index (χ3n) is 5.42. The Kier molecular flexibility index (Phi) is 5.95. The van der Waals surface area contributed by atoms with E-state index in [0.717, 1.165) is 28.6 Å². The van der Waals surface area contributed by atoms with E-state index in [4.69, 9.17) is 4.74 Å². The smallest absolute Gasteiger partial charge is 0.303 e. The highest BCUT2D eigenvalue weighted by molar-refractivity contribution is 9.10. The molecular weight excluding hydrogens is 402 g/mol. The number of carbonyl (C=O) groups is 1. The number of hydrogen-bond donors (Lipinski definition) is 1. The number of fused-ring (bicyclic) bond motifs is 1. The van der Waals surface area contributed by atoms with E-state index >= 15 is 0 Å². The lowest BCUT2D eigenvalue weighted by Crippen LogP contribution is -2.40. The Morgan fingerprint density at radius 3 is 2.52 bits per heavy atom. The van der Waals surface area contributed by atoms with Crippen LogP contribution in [-0.4, -0.2) is 5.97 Å². The van der Waals surface area contributed by atoms with Gasteiger partial charge in [0.15, 0.2) is 0 Å². The molecule has 27 heavy (non-hydrogen) atoms. The summed E-state index contributed by atoms with van der Waals surface area (Å²) in [6, 6.07) is 14.9. The van der Waals surface area contributed by atoms with E-state index in [9.17, 15) is 4.79 Å². The van der Waals surface area contributed by atoms with Crippen molar-refractivity contribution in [2.24, 2.45) is 5.41 Å². The summed E-state index contributed by atoms with van der Waals surface area (Å²) in [6.45, 7) is 8.03. The number of halogens is 1. The number of benzene rings is 2. The number of ether oxygens (including phenoxy) is 1. The Labute approximate surface area is 170 Å². The fraction of sp³-hybridized carbons (Fsp3) is 0.435. The Hall–Kier alpha value is -1.81. The summed E-state index contributed by atoms with van der Waals surface area (Å²) >= 11 is 3.51. The van der Waals surface area contributed by atoms with Crippen LogP contribution in [0.15, 0.2) is 46.9 Å². The summed E-state index contributed by atoms with van der Waals surface area (Å²) < 4.78 is 6.93. The van der Waals surface area contributed by atoms with Crippen molar-refractivity contribution in [1.82, 2.24) is 0 Å². The second kappa shape index (κ2) is 8.05. The molecule has 0 bridgehead atoms. The first-order chi connectivity index (χ1) is 12.8. The highest BCUT2D eigenvalue weighted by Crippen LogP contribution is 2.53. The zero-order chi connectivity index (χ0) is 19.6. The Balaban J connectivity index is 2.05. The molecule has 144 valence electrons. The van der Waals surface area contributed by atoms with Crippen molar-refractivity contribution in [3.05, 3.63) is 63.6 Å². The van der Waals surface area contributed by atoms with Gasteiger partial charge >= 0.3 is 5.97 Å². The number of unbranched alkanes of at least 4 members (excludes halogenated alkanes) is 1. The van der Waals surface area contributed by atoms with Gasteiger partial charge in [0, 0.05) is 28.1 Å². The fourth-order valence-corrected chi connectivity index (χ4v) is 4.20. The minimum absolute atomic E-state index is 0.0453. The molecule has 2 atom stereocenters. The third kappa shape index (κ3) is 4.21. The molecule has 3 rings (SSSR count). The van der Waals surface area contributed by atoms with Crippen molar-refractivity contribution < 1.29 is 9.53 Å². The summed E-state index contributed by atoms with van der Waals surface area (Å²) in [5, 5.41) is 3.70. The molecule has 0 saturated carbocycles. The largest absolute Gasteiger partial charge is 0.457 e. The molecule has 1 aliphatic heterocycles. The lowest BCUT2D eigenvalue weighted by Gasteiger charge is -2.46. The predicted octanol–water partition coefficient (Wildman–Crippen LogP) is 6.59. The molecule has 0 fully saturated rings. The second-order valence-electron chi connectivity index (χ2n) is 7.96. The van der Waals surface area contributed by atoms with Gasteiger partial charge in [-0.25, -0.2) is 0 Å². The van der Waals surface area contributed by atoms with Crippen molar-refractivity contribution in [2.45, 2.75) is 59.1 Å². The third-order valence-corrected chi connectivity index (χ3v) is 5.95. The van der Waals surface area contributed by atoms with E-state index in [1.807, 2.05) is 0 Å². The predicted molar refractivity (Wildman–Crippen MR) is 114 cm³/mol. The number of nitrogens with one attached hydrogen (secondary N) is 1. The lowest BCUT2D eigenvalue weighted by atomic mass is 9.70. The van der Waals surface area contributed by atoms with E-state index in [1.54, 1.807) is 0 Å². The van der Waals surface area contributed by atoms with E-state index in [0.29, 0.717) is 0 Å². The Bertz CT molecular complexity index is 814. The molecule has 0 radical (unpaired) electrons. The Morgan fingerprint density at radius 1 is 1.19 bits per heavy atom. The second-order valence-corrected chi connectivity index (χ2v) is 8.88. The minimum Gasteiger partial charge on any atom is -0.457 e. The molecule has 3 nitrogen and oxygen atoms in total. The number of aryl methyl sites for hydroxylation is 1. The minimum atomic E-state index is -0.296. The highest BCUT2D eigenvalue weighted by atomic mass is 79.9. The van der Waals surface area contributed by atoms with Crippen LogP contribution in [0.1, 0.15) is 69.4 Å². The number of rotatable bonds is 5. The van der Waals surface area contributed by atoms with Crippen LogP contribution in [0.4, 0.5) is 5.69 Å². The maximum absolute atomic E-state index is 11.9. The van der Waals surface area contributed by atoms with Gasteiger partial charge in [-0.15, -0.1) is 0 Å². The molecule has 0 spiro atoms. The molecule has 0 aliphatic carbocycles. The van der Waals surface area contributed by atoms with Crippen molar-refractivity contribution in [1.29, 1.82) is 0 Å². The van der Waals surface area contributed by atoms with Gasteiger partial charge in [0.05, 0.1) is 6.04 Å². The molecule has 1 heterocycles. The standard InChI is InChI=1S/C23H28BrNO2/c1-5-6-7-16-8-13-20-19(14-16)22(27-15(2)26)23(3,4)21(25-20)17-9-11-18(24)12-10-17/h8-14,21-22,25H,5-7H2,1-4H3/t21-,22+/m0/s1. The number of esters is 1. The van der Waals surface area contributed by atoms with E-state index in [1.165, 1.54) is 24.5 Å². The van der Waals surface area contributed by atoms with Crippen molar-refractivity contribution in [3.8, 4) is 0 Å². The van der Waals surface area contributed by atoms with E-state index in [2.05, 4.69) is 84.5 Å². The molecule has 0 amide bonds. The van der Waals surface area contributed by atoms with Gasteiger partial charge in [0.2, 0.25) is 0 Å². The van der Waals surface area contributed by atoms with Crippen LogP contribution in [0.3, 0.4) is 0 Å². The zero-order valence-corrected chi connectivity index (χ0v) is 18.1. The van der Waals surface area contributed by atoms with Crippen LogP contribution < -0.4 is 5.32 Å². The molecule has 1 aliphatic rings.